The Hall–Kier alpha value is -1.91. The number of benzene rings is 2. The average Bonchev–Trinajstić information content (AvgIpc) is 2.27. The van der Waals surface area contributed by atoms with Gasteiger partial charge in [-0.2, -0.15) is 0 Å². The number of hydrogen-bond acceptors (Lipinski definition) is 1. The molecule has 0 atom stereocenters. The third-order valence-corrected chi connectivity index (χ3v) is 2.66. The van der Waals surface area contributed by atoms with Crippen LogP contribution in [0.4, 0.5) is 13.2 Å². The molecular weight excluding hydrogens is 240 g/mol. The first-order chi connectivity index (χ1) is 8.51. The van der Waals surface area contributed by atoms with Crippen molar-refractivity contribution in [2.24, 2.45) is 0 Å². The van der Waals surface area contributed by atoms with Gasteiger partial charge in [0, 0.05) is 11.6 Å². The summed E-state index contributed by atoms with van der Waals surface area (Å²) in [5, 5.41) is 0. The topological polar surface area (TPSA) is 9.23 Å². The van der Waals surface area contributed by atoms with E-state index in [1.54, 1.807) is 7.85 Å². The molecule has 2 aromatic carbocycles. The predicted molar refractivity (Wildman–Crippen MR) is 66.5 cm³/mol. The lowest BCUT2D eigenvalue weighted by Crippen LogP contribution is -2.08. The van der Waals surface area contributed by atoms with Crippen molar-refractivity contribution in [3.63, 3.8) is 0 Å². The Morgan fingerprint density at radius 3 is 2.11 bits per heavy atom. The van der Waals surface area contributed by atoms with Crippen LogP contribution >= 0.6 is 0 Å². The van der Waals surface area contributed by atoms with E-state index in [0.29, 0.717) is 11.2 Å². The summed E-state index contributed by atoms with van der Waals surface area (Å²) in [6.45, 7) is 0. The molecule has 18 heavy (non-hydrogen) atoms. The van der Waals surface area contributed by atoms with E-state index in [4.69, 9.17) is 4.74 Å². The van der Waals surface area contributed by atoms with Crippen molar-refractivity contribution < 1.29 is 17.9 Å². The van der Waals surface area contributed by atoms with Crippen LogP contribution in [0.3, 0.4) is 0 Å². The van der Waals surface area contributed by atoms with E-state index >= 15 is 0 Å². The summed E-state index contributed by atoms with van der Waals surface area (Å²) in [7, 11) is 3.15. The van der Waals surface area contributed by atoms with Crippen LogP contribution in [0, 0.1) is 17.5 Å². The van der Waals surface area contributed by atoms with Crippen molar-refractivity contribution in [1.29, 1.82) is 0 Å². The SMILES string of the molecule is Bc1cc(F)c(-c2cc(F)cc(F)c2)cc1OC. The van der Waals surface area contributed by atoms with Gasteiger partial charge in [0.1, 0.15) is 31.0 Å². The summed E-state index contributed by atoms with van der Waals surface area (Å²) < 4.78 is 45.1. The van der Waals surface area contributed by atoms with Gasteiger partial charge in [-0.25, -0.2) is 13.2 Å². The summed E-state index contributed by atoms with van der Waals surface area (Å²) in [5.41, 5.74) is 0.870. The molecule has 0 saturated carbocycles. The van der Waals surface area contributed by atoms with Gasteiger partial charge in [0.05, 0.1) is 7.11 Å². The minimum atomic E-state index is -0.746. The number of ether oxygens (including phenoxy) is 1. The molecule has 0 aromatic heterocycles. The largest absolute Gasteiger partial charge is 0.497 e. The fourth-order valence-corrected chi connectivity index (χ4v) is 1.80. The van der Waals surface area contributed by atoms with Crippen LogP contribution in [0.15, 0.2) is 30.3 Å². The molecule has 0 aliphatic carbocycles. The van der Waals surface area contributed by atoms with Crippen LogP contribution in [0.5, 0.6) is 5.75 Å². The van der Waals surface area contributed by atoms with Crippen LogP contribution in [0.25, 0.3) is 11.1 Å². The van der Waals surface area contributed by atoms with Gasteiger partial charge in [0.25, 0.3) is 0 Å². The third kappa shape index (κ3) is 2.35. The first-order valence-corrected chi connectivity index (χ1v) is 5.32. The second kappa shape index (κ2) is 4.76. The van der Waals surface area contributed by atoms with Crippen molar-refractivity contribution in [1.82, 2.24) is 0 Å². The highest BCUT2D eigenvalue weighted by Crippen LogP contribution is 2.27. The fraction of sp³-hybridized carbons (Fsp3) is 0.0769. The highest BCUT2D eigenvalue weighted by Gasteiger charge is 2.11. The number of methoxy groups -OCH3 is 1. The lowest BCUT2D eigenvalue weighted by atomic mass is 9.91. The minimum absolute atomic E-state index is 0.107. The van der Waals surface area contributed by atoms with Gasteiger partial charge in [-0.05, 0) is 35.3 Å². The maximum absolute atomic E-state index is 13.8. The minimum Gasteiger partial charge on any atom is -0.497 e. The van der Waals surface area contributed by atoms with Crippen LogP contribution in [-0.4, -0.2) is 15.0 Å². The molecule has 2 rings (SSSR count). The third-order valence-electron chi connectivity index (χ3n) is 2.66. The van der Waals surface area contributed by atoms with Crippen LogP contribution in [-0.2, 0) is 0 Å². The molecule has 92 valence electrons. The lowest BCUT2D eigenvalue weighted by molar-refractivity contribution is 0.417. The summed E-state index contributed by atoms with van der Waals surface area (Å²) in [4.78, 5) is 0. The highest BCUT2D eigenvalue weighted by molar-refractivity contribution is 6.34. The van der Waals surface area contributed by atoms with Crippen molar-refractivity contribution in [2.45, 2.75) is 0 Å². The molecule has 0 fully saturated rings. The van der Waals surface area contributed by atoms with Crippen LogP contribution < -0.4 is 10.2 Å². The zero-order valence-electron chi connectivity index (χ0n) is 9.93. The van der Waals surface area contributed by atoms with Crippen LogP contribution in [0.1, 0.15) is 0 Å². The number of hydrogen-bond donors (Lipinski definition) is 0. The molecule has 0 radical (unpaired) electrons. The highest BCUT2D eigenvalue weighted by atomic mass is 19.1. The molecule has 0 heterocycles. The second-order valence-electron chi connectivity index (χ2n) is 3.96. The van der Waals surface area contributed by atoms with Gasteiger partial charge in [0.2, 0.25) is 0 Å². The maximum Gasteiger partial charge on any atom is 0.144 e. The Morgan fingerprint density at radius 2 is 1.56 bits per heavy atom. The molecule has 0 aliphatic heterocycles. The Balaban J connectivity index is 2.62. The zero-order chi connectivity index (χ0) is 13.3. The molecule has 5 heteroatoms. The molecule has 0 aliphatic rings. The Labute approximate surface area is 104 Å². The van der Waals surface area contributed by atoms with E-state index in [-0.39, 0.29) is 11.1 Å². The van der Waals surface area contributed by atoms with E-state index in [1.807, 2.05) is 0 Å². The Kier molecular flexibility index (Phi) is 3.32. The van der Waals surface area contributed by atoms with Gasteiger partial charge in [0.15, 0.2) is 0 Å². The van der Waals surface area contributed by atoms with E-state index < -0.39 is 17.5 Å². The summed E-state index contributed by atoms with van der Waals surface area (Å²) >= 11 is 0. The quantitative estimate of drug-likeness (QED) is 0.741. The average molecular weight is 250 g/mol. The monoisotopic (exact) mass is 250 g/mol. The van der Waals surface area contributed by atoms with E-state index in [2.05, 4.69) is 0 Å². The van der Waals surface area contributed by atoms with Crippen molar-refractivity contribution >= 4 is 13.3 Å². The Morgan fingerprint density at radius 1 is 0.944 bits per heavy atom. The van der Waals surface area contributed by atoms with Gasteiger partial charge >= 0.3 is 0 Å². The summed E-state index contributed by atoms with van der Waals surface area (Å²) in [6.07, 6.45) is 0. The lowest BCUT2D eigenvalue weighted by Gasteiger charge is -2.10. The summed E-state index contributed by atoms with van der Waals surface area (Å²) in [6, 6.07) is 5.61. The van der Waals surface area contributed by atoms with E-state index in [9.17, 15) is 13.2 Å². The van der Waals surface area contributed by atoms with E-state index in [1.165, 1.54) is 19.2 Å². The second-order valence-corrected chi connectivity index (χ2v) is 3.96. The molecule has 0 unspecified atom stereocenters. The molecular formula is C13H10BF3O. The van der Waals surface area contributed by atoms with Gasteiger partial charge in [-0.3, -0.25) is 0 Å². The molecule has 0 spiro atoms. The van der Waals surface area contributed by atoms with Crippen molar-refractivity contribution in [3.05, 3.63) is 47.8 Å². The molecule has 0 amide bonds. The molecule has 0 bridgehead atoms. The predicted octanol–water partition coefficient (Wildman–Crippen LogP) is 2.04. The maximum atomic E-state index is 13.8. The van der Waals surface area contributed by atoms with Gasteiger partial charge in [-0.1, -0.05) is 0 Å². The molecule has 1 nitrogen and oxygen atoms in total. The number of rotatable bonds is 2. The number of halogens is 3. The van der Waals surface area contributed by atoms with E-state index in [0.717, 1.165) is 18.2 Å². The fourth-order valence-electron chi connectivity index (χ4n) is 1.80. The molecule has 0 N–H and O–H groups in total. The van der Waals surface area contributed by atoms with Gasteiger partial charge < -0.3 is 4.74 Å². The standard InChI is InChI=1S/C13H10BF3O/c1-18-13-5-10(12(17)6-11(13)14)7-2-8(15)4-9(16)3-7/h2-6H,14H2,1H3. The first-order valence-electron chi connectivity index (χ1n) is 5.32. The summed E-state index contributed by atoms with van der Waals surface area (Å²) in [5.74, 6) is -1.57. The smallest absolute Gasteiger partial charge is 0.144 e. The molecule has 2 aromatic rings. The van der Waals surface area contributed by atoms with Crippen LogP contribution in [0.2, 0.25) is 0 Å². The van der Waals surface area contributed by atoms with Gasteiger partial charge in [-0.15, -0.1) is 0 Å². The normalized spacial score (nSPS) is 10.4. The van der Waals surface area contributed by atoms with Crippen molar-refractivity contribution in [3.8, 4) is 16.9 Å². The Bertz CT molecular complexity index is 579. The first kappa shape index (κ1) is 12.5. The zero-order valence-corrected chi connectivity index (χ0v) is 9.93. The molecule has 0 saturated heterocycles. The van der Waals surface area contributed by atoms with Crippen molar-refractivity contribution in [2.75, 3.05) is 7.11 Å².